The highest BCUT2D eigenvalue weighted by Gasteiger charge is 2.21. The van der Waals surface area contributed by atoms with Gasteiger partial charge in [-0.3, -0.25) is 4.79 Å². The van der Waals surface area contributed by atoms with Gasteiger partial charge in [-0.25, -0.2) is 9.50 Å². The van der Waals surface area contributed by atoms with Crippen molar-refractivity contribution in [2.75, 3.05) is 0 Å². The van der Waals surface area contributed by atoms with E-state index in [1.165, 1.54) is 19.3 Å². The zero-order valence-electron chi connectivity index (χ0n) is 16.3. The van der Waals surface area contributed by atoms with E-state index in [1.807, 2.05) is 32.0 Å². The van der Waals surface area contributed by atoms with Crippen LogP contribution in [0.1, 0.15) is 65.0 Å². The Balaban J connectivity index is 1.64. The van der Waals surface area contributed by atoms with Gasteiger partial charge >= 0.3 is 0 Å². The third kappa shape index (κ3) is 3.76. The number of carbonyl (C=O) groups is 1. The molecule has 1 aromatic carbocycles. The number of fused-ring (bicyclic) bond motifs is 1. The minimum atomic E-state index is -0.0733. The second kappa shape index (κ2) is 7.92. The Bertz CT molecular complexity index is 1020. The highest BCUT2D eigenvalue weighted by Crippen LogP contribution is 2.22. The Kier molecular flexibility index (Phi) is 5.36. The molecule has 0 spiro atoms. The lowest BCUT2D eigenvalue weighted by molar-refractivity contribution is 0.0929. The number of hydrogen-bond donors (Lipinski definition) is 1. The van der Waals surface area contributed by atoms with Gasteiger partial charge in [0.2, 0.25) is 0 Å². The van der Waals surface area contributed by atoms with Crippen molar-refractivity contribution in [2.24, 2.45) is 0 Å². The van der Waals surface area contributed by atoms with E-state index in [-0.39, 0.29) is 11.9 Å². The van der Waals surface area contributed by atoms with Gasteiger partial charge in [0.15, 0.2) is 5.65 Å². The highest BCUT2D eigenvalue weighted by molar-refractivity contribution is 6.30. The highest BCUT2D eigenvalue weighted by atomic mass is 35.5. The third-order valence-electron chi connectivity index (χ3n) is 5.66. The van der Waals surface area contributed by atoms with Gasteiger partial charge < -0.3 is 5.32 Å². The molecule has 1 N–H and O–H groups in total. The standard InChI is InChI=1S/C22H25ClN4O/c1-14-19(12-16-7-6-8-17(23)11-16)15(2)27-21(25-14)20(13-24-27)22(28)26-18-9-4-3-5-10-18/h6-8,11,13,18H,3-5,9-10,12H2,1-2H3,(H,26,28). The number of nitrogens with one attached hydrogen (secondary N) is 1. The van der Waals surface area contributed by atoms with Crippen LogP contribution in [-0.4, -0.2) is 26.5 Å². The number of aromatic nitrogens is 3. The SMILES string of the molecule is Cc1nc2c(C(=O)NC3CCCCC3)cnn2c(C)c1Cc1cccc(Cl)c1. The van der Waals surface area contributed by atoms with E-state index in [0.717, 1.165) is 46.8 Å². The van der Waals surface area contributed by atoms with E-state index in [4.69, 9.17) is 16.6 Å². The van der Waals surface area contributed by atoms with Gasteiger partial charge in [0, 0.05) is 28.9 Å². The first kappa shape index (κ1) is 18.9. The summed E-state index contributed by atoms with van der Waals surface area (Å²) < 4.78 is 1.78. The summed E-state index contributed by atoms with van der Waals surface area (Å²) in [6, 6.07) is 8.12. The largest absolute Gasteiger partial charge is 0.349 e. The second-order valence-electron chi connectivity index (χ2n) is 7.67. The second-order valence-corrected chi connectivity index (χ2v) is 8.11. The number of nitrogens with zero attached hydrogens (tertiary/aromatic N) is 3. The molecule has 3 aromatic rings. The summed E-state index contributed by atoms with van der Waals surface area (Å²) >= 11 is 6.13. The Labute approximate surface area is 170 Å². The monoisotopic (exact) mass is 396 g/mol. The maximum Gasteiger partial charge on any atom is 0.256 e. The van der Waals surface area contributed by atoms with Crippen molar-refractivity contribution >= 4 is 23.2 Å². The van der Waals surface area contributed by atoms with Crippen LogP contribution >= 0.6 is 11.6 Å². The summed E-state index contributed by atoms with van der Waals surface area (Å²) in [5.41, 5.74) is 5.32. The van der Waals surface area contributed by atoms with Crippen LogP contribution < -0.4 is 5.32 Å². The molecule has 1 saturated carbocycles. The normalized spacial score (nSPS) is 15.1. The summed E-state index contributed by atoms with van der Waals surface area (Å²) in [5, 5.41) is 8.35. The molecule has 6 heteroatoms. The zero-order chi connectivity index (χ0) is 19.7. The average Bonchev–Trinajstić information content (AvgIpc) is 3.10. The molecule has 0 saturated heterocycles. The van der Waals surface area contributed by atoms with Crippen LogP contribution in [0.4, 0.5) is 0 Å². The molecule has 0 atom stereocenters. The van der Waals surface area contributed by atoms with Crippen LogP contribution in [0, 0.1) is 13.8 Å². The summed E-state index contributed by atoms with van der Waals surface area (Å²) in [5.74, 6) is -0.0733. The molecule has 1 fully saturated rings. The van der Waals surface area contributed by atoms with Crippen LogP contribution in [-0.2, 0) is 6.42 Å². The molecule has 1 aliphatic rings. The Morgan fingerprint density at radius 3 is 2.79 bits per heavy atom. The van der Waals surface area contributed by atoms with Crippen LogP contribution in [0.3, 0.4) is 0 Å². The lowest BCUT2D eigenvalue weighted by atomic mass is 9.95. The maximum atomic E-state index is 12.8. The van der Waals surface area contributed by atoms with Crippen molar-refractivity contribution in [2.45, 2.75) is 58.4 Å². The van der Waals surface area contributed by atoms with Gasteiger partial charge in [0.05, 0.1) is 6.20 Å². The fraction of sp³-hybridized carbons (Fsp3) is 0.409. The summed E-state index contributed by atoms with van der Waals surface area (Å²) in [6.07, 6.45) is 8.10. The molecular formula is C22H25ClN4O. The van der Waals surface area contributed by atoms with Gasteiger partial charge in [-0.1, -0.05) is 43.0 Å². The number of aryl methyl sites for hydroxylation is 2. The topological polar surface area (TPSA) is 59.3 Å². The number of hydrogen-bond acceptors (Lipinski definition) is 3. The number of amides is 1. The predicted molar refractivity (Wildman–Crippen MR) is 111 cm³/mol. The van der Waals surface area contributed by atoms with E-state index in [9.17, 15) is 4.79 Å². The molecule has 1 amide bonds. The quantitative estimate of drug-likeness (QED) is 0.698. The first-order valence-electron chi connectivity index (χ1n) is 9.92. The van der Waals surface area contributed by atoms with Crippen molar-refractivity contribution < 1.29 is 4.79 Å². The van der Waals surface area contributed by atoms with Gasteiger partial charge in [-0.2, -0.15) is 5.10 Å². The van der Waals surface area contributed by atoms with Gasteiger partial charge in [0.1, 0.15) is 5.56 Å². The van der Waals surface area contributed by atoms with Crippen LogP contribution in [0.25, 0.3) is 5.65 Å². The van der Waals surface area contributed by atoms with Crippen molar-refractivity contribution in [1.29, 1.82) is 0 Å². The fourth-order valence-electron chi connectivity index (χ4n) is 4.09. The minimum Gasteiger partial charge on any atom is -0.349 e. The van der Waals surface area contributed by atoms with Crippen molar-refractivity contribution in [3.05, 3.63) is 63.6 Å². The van der Waals surface area contributed by atoms with E-state index in [0.29, 0.717) is 11.2 Å². The summed E-state index contributed by atoms with van der Waals surface area (Å²) in [7, 11) is 0. The molecule has 1 aliphatic carbocycles. The summed E-state index contributed by atoms with van der Waals surface area (Å²) in [4.78, 5) is 17.5. The molecule has 0 aliphatic heterocycles. The minimum absolute atomic E-state index is 0.0733. The van der Waals surface area contributed by atoms with Crippen molar-refractivity contribution in [3.8, 4) is 0 Å². The van der Waals surface area contributed by atoms with Gasteiger partial charge in [0.25, 0.3) is 5.91 Å². The molecule has 0 radical (unpaired) electrons. The predicted octanol–water partition coefficient (Wildman–Crippen LogP) is 4.65. The number of rotatable bonds is 4. The third-order valence-corrected chi connectivity index (χ3v) is 5.90. The van der Waals surface area contributed by atoms with Crippen molar-refractivity contribution in [3.63, 3.8) is 0 Å². The number of benzene rings is 1. The lowest BCUT2D eigenvalue weighted by Crippen LogP contribution is -2.36. The maximum absolute atomic E-state index is 12.8. The van der Waals surface area contributed by atoms with E-state index >= 15 is 0 Å². The Morgan fingerprint density at radius 1 is 1.25 bits per heavy atom. The fourth-order valence-corrected chi connectivity index (χ4v) is 4.30. The number of halogens is 1. The van der Waals surface area contributed by atoms with E-state index < -0.39 is 0 Å². The average molecular weight is 397 g/mol. The molecule has 0 bridgehead atoms. The van der Waals surface area contributed by atoms with E-state index in [2.05, 4.69) is 16.5 Å². The zero-order valence-corrected chi connectivity index (χ0v) is 17.1. The van der Waals surface area contributed by atoms with Gasteiger partial charge in [-0.15, -0.1) is 0 Å². The molecule has 2 heterocycles. The first-order valence-corrected chi connectivity index (χ1v) is 10.3. The van der Waals surface area contributed by atoms with Crippen LogP contribution in [0.2, 0.25) is 5.02 Å². The molecule has 0 unspecified atom stereocenters. The lowest BCUT2D eigenvalue weighted by Gasteiger charge is -2.22. The van der Waals surface area contributed by atoms with Crippen LogP contribution in [0.15, 0.2) is 30.5 Å². The number of carbonyl (C=O) groups excluding carboxylic acids is 1. The smallest absolute Gasteiger partial charge is 0.256 e. The molecular weight excluding hydrogens is 372 g/mol. The Hall–Kier alpha value is -2.40. The summed E-state index contributed by atoms with van der Waals surface area (Å²) in [6.45, 7) is 4.01. The molecule has 2 aromatic heterocycles. The first-order chi connectivity index (χ1) is 13.5. The van der Waals surface area contributed by atoms with E-state index in [1.54, 1.807) is 10.7 Å². The van der Waals surface area contributed by atoms with Gasteiger partial charge in [-0.05, 0) is 49.9 Å². The molecule has 146 valence electrons. The van der Waals surface area contributed by atoms with Crippen molar-refractivity contribution in [1.82, 2.24) is 19.9 Å². The van der Waals surface area contributed by atoms with Crippen LogP contribution in [0.5, 0.6) is 0 Å². The molecule has 5 nitrogen and oxygen atoms in total. The molecule has 4 rings (SSSR count). The molecule has 28 heavy (non-hydrogen) atoms. The Morgan fingerprint density at radius 2 is 2.04 bits per heavy atom.